The Morgan fingerprint density at radius 1 is 1.00 bits per heavy atom. The van der Waals surface area contributed by atoms with Gasteiger partial charge < -0.3 is 20.7 Å². The number of hydrogen-bond acceptors (Lipinski definition) is 8. The average molecular weight is 665 g/mol. The van der Waals surface area contributed by atoms with Crippen molar-refractivity contribution in [2.24, 2.45) is 0 Å². The maximum absolute atomic E-state index is 13.5. The summed E-state index contributed by atoms with van der Waals surface area (Å²) in [4.78, 5) is 58.8. The zero-order chi connectivity index (χ0) is 35.0. The second-order valence-corrected chi connectivity index (χ2v) is 13.5. The van der Waals surface area contributed by atoms with Gasteiger partial charge in [0.2, 0.25) is 0 Å². The van der Waals surface area contributed by atoms with E-state index in [-0.39, 0.29) is 23.6 Å². The van der Waals surface area contributed by atoms with Gasteiger partial charge in [0.25, 0.3) is 11.5 Å². The van der Waals surface area contributed by atoms with Gasteiger partial charge >= 0.3 is 11.8 Å². The van der Waals surface area contributed by atoms with Crippen LogP contribution in [-0.4, -0.2) is 59.3 Å². The third-order valence-electron chi connectivity index (χ3n) is 8.56. The van der Waals surface area contributed by atoms with Gasteiger partial charge in [-0.05, 0) is 83.4 Å². The molecule has 13 nitrogen and oxygen atoms in total. The van der Waals surface area contributed by atoms with Gasteiger partial charge in [0.1, 0.15) is 23.0 Å². The summed E-state index contributed by atoms with van der Waals surface area (Å²) in [6, 6.07) is 17.5. The first kappa shape index (κ1) is 33.2. The number of para-hydroxylation sites is 1. The van der Waals surface area contributed by atoms with E-state index in [2.05, 4.69) is 21.5 Å². The molecule has 3 aromatic heterocycles. The summed E-state index contributed by atoms with van der Waals surface area (Å²) in [7, 11) is 0. The number of carbonyl (C=O) groups excluding carboxylic acids is 2. The van der Waals surface area contributed by atoms with Crippen LogP contribution in [0, 0.1) is 0 Å². The number of nitrogens with zero attached hydrogens (tertiary/aromatic N) is 6. The molecular formula is C36H40N8O5. The molecule has 3 N–H and O–H groups in total. The molecule has 2 aromatic carbocycles. The highest BCUT2D eigenvalue weighted by Gasteiger charge is 2.30. The number of rotatable bonds is 6. The molecule has 0 atom stereocenters. The van der Waals surface area contributed by atoms with E-state index >= 15 is 0 Å². The Kier molecular flexibility index (Phi) is 8.84. The molecule has 0 unspecified atom stereocenters. The first-order valence-corrected chi connectivity index (χ1v) is 16.3. The molecule has 0 aliphatic carbocycles. The average Bonchev–Trinajstić information content (AvgIpc) is 3.46. The highest BCUT2D eigenvalue weighted by atomic mass is 16.6. The van der Waals surface area contributed by atoms with Crippen molar-refractivity contribution in [3.8, 4) is 16.8 Å². The van der Waals surface area contributed by atoms with Gasteiger partial charge in [-0.3, -0.25) is 14.2 Å². The van der Waals surface area contributed by atoms with Crippen molar-refractivity contribution in [1.29, 1.82) is 0 Å². The summed E-state index contributed by atoms with van der Waals surface area (Å²) in [5.74, 6) is -0.180. The number of fused-ring (bicyclic) bond motifs is 1. The number of nitrogens with one attached hydrogen (secondary N) is 1. The fourth-order valence-corrected chi connectivity index (χ4v) is 6.12. The Labute approximate surface area is 283 Å². The lowest BCUT2D eigenvalue weighted by atomic mass is 9.93. The maximum Gasteiger partial charge on any atom is 0.410 e. The van der Waals surface area contributed by atoms with Gasteiger partial charge in [-0.15, -0.1) is 0 Å². The summed E-state index contributed by atoms with van der Waals surface area (Å²) >= 11 is 0. The van der Waals surface area contributed by atoms with Gasteiger partial charge in [-0.1, -0.05) is 30.3 Å². The molecule has 1 fully saturated rings. The van der Waals surface area contributed by atoms with E-state index < -0.39 is 22.8 Å². The standard InChI is InChI=1S/C36H40N8O5/c1-22(2)42-20-28(33(46)43(34(42)47)26-9-7-6-8-10-26)32(45)40-25-13-11-23(12-14-25)27-19-29(44-30(27)31(37)38-21-39-44)24-15-17-41(18-16-24)35(48)49-36(3,4)5/h6-14,19-22,24H,15-18H2,1-5H3,(H,40,45)(H2,37,38,39). The highest BCUT2D eigenvalue weighted by molar-refractivity contribution is 6.04. The molecule has 1 aliphatic heterocycles. The van der Waals surface area contributed by atoms with Crippen molar-refractivity contribution in [3.63, 3.8) is 0 Å². The molecule has 13 heteroatoms. The van der Waals surface area contributed by atoms with Crippen molar-refractivity contribution in [2.75, 3.05) is 24.1 Å². The fourth-order valence-electron chi connectivity index (χ4n) is 6.12. The first-order chi connectivity index (χ1) is 23.3. The molecule has 0 radical (unpaired) electrons. The monoisotopic (exact) mass is 664 g/mol. The molecule has 1 saturated heterocycles. The number of hydrogen-bond donors (Lipinski definition) is 2. The lowest BCUT2D eigenvalue weighted by molar-refractivity contribution is 0.0203. The molecule has 0 bridgehead atoms. The van der Waals surface area contributed by atoms with Crippen LogP contribution in [0.5, 0.6) is 0 Å². The molecule has 0 saturated carbocycles. The van der Waals surface area contributed by atoms with Gasteiger partial charge in [0.05, 0.1) is 5.69 Å². The molecular weight excluding hydrogens is 624 g/mol. The van der Waals surface area contributed by atoms with Crippen molar-refractivity contribution in [3.05, 3.63) is 105 Å². The molecule has 4 heterocycles. The van der Waals surface area contributed by atoms with Crippen LogP contribution >= 0.6 is 0 Å². The summed E-state index contributed by atoms with van der Waals surface area (Å²) in [5, 5.41) is 7.34. The minimum Gasteiger partial charge on any atom is -0.444 e. The van der Waals surface area contributed by atoms with Crippen LogP contribution in [0.3, 0.4) is 0 Å². The van der Waals surface area contributed by atoms with Crippen LogP contribution in [0.2, 0.25) is 0 Å². The largest absolute Gasteiger partial charge is 0.444 e. The minimum absolute atomic E-state index is 0.127. The molecule has 2 amide bonds. The number of anilines is 2. The van der Waals surface area contributed by atoms with Crippen LogP contribution in [0.1, 0.15) is 75.5 Å². The van der Waals surface area contributed by atoms with E-state index in [1.54, 1.807) is 47.4 Å². The smallest absolute Gasteiger partial charge is 0.410 e. The number of likely N-dealkylation sites (tertiary alicyclic amines) is 1. The van der Waals surface area contributed by atoms with E-state index in [1.807, 2.05) is 51.3 Å². The highest BCUT2D eigenvalue weighted by Crippen LogP contribution is 2.37. The van der Waals surface area contributed by atoms with Crippen molar-refractivity contribution < 1.29 is 14.3 Å². The van der Waals surface area contributed by atoms with Gasteiger partial charge in [0.15, 0.2) is 5.82 Å². The maximum atomic E-state index is 13.5. The predicted molar refractivity (Wildman–Crippen MR) is 187 cm³/mol. The molecule has 49 heavy (non-hydrogen) atoms. The Balaban J connectivity index is 1.26. The number of benzene rings is 2. The van der Waals surface area contributed by atoms with Crippen molar-refractivity contribution >= 4 is 29.0 Å². The topological polar surface area (TPSA) is 159 Å². The Morgan fingerprint density at radius 2 is 1.67 bits per heavy atom. The second kappa shape index (κ2) is 13.1. The van der Waals surface area contributed by atoms with Crippen LogP contribution < -0.4 is 22.3 Å². The number of ether oxygens (including phenoxy) is 1. The zero-order valence-electron chi connectivity index (χ0n) is 28.2. The summed E-state index contributed by atoms with van der Waals surface area (Å²) in [6.45, 7) is 10.3. The van der Waals surface area contributed by atoms with Crippen molar-refractivity contribution in [2.45, 2.75) is 65.0 Å². The molecule has 6 rings (SSSR count). The molecule has 1 aliphatic rings. The summed E-state index contributed by atoms with van der Waals surface area (Å²) < 4.78 is 9.77. The molecule has 5 aromatic rings. The lowest BCUT2D eigenvalue weighted by Crippen LogP contribution is -2.42. The molecule has 254 valence electrons. The van der Waals surface area contributed by atoms with Crippen LogP contribution in [0.4, 0.5) is 16.3 Å². The van der Waals surface area contributed by atoms with E-state index in [0.29, 0.717) is 35.8 Å². The summed E-state index contributed by atoms with van der Waals surface area (Å²) in [6.07, 6.45) is 3.89. The predicted octanol–water partition coefficient (Wildman–Crippen LogP) is 5.24. The van der Waals surface area contributed by atoms with E-state index in [9.17, 15) is 19.2 Å². The lowest BCUT2D eigenvalue weighted by Gasteiger charge is -2.33. The van der Waals surface area contributed by atoms with Crippen LogP contribution in [0.15, 0.2) is 82.8 Å². The Bertz CT molecular complexity index is 2140. The van der Waals surface area contributed by atoms with Gasteiger partial charge in [-0.25, -0.2) is 23.7 Å². The molecule has 0 spiro atoms. The van der Waals surface area contributed by atoms with E-state index in [0.717, 1.165) is 34.2 Å². The van der Waals surface area contributed by atoms with Gasteiger partial charge in [-0.2, -0.15) is 5.10 Å². The van der Waals surface area contributed by atoms with Crippen molar-refractivity contribution in [1.82, 2.24) is 28.6 Å². The summed E-state index contributed by atoms with van der Waals surface area (Å²) in [5.41, 5.74) is 8.56. The third kappa shape index (κ3) is 6.69. The number of aromatic nitrogens is 5. The van der Waals surface area contributed by atoms with Gasteiger partial charge in [0, 0.05) is 48.2 Å². The number of carbonyl (C=O) groups is 2. The Morgan fingerprint density at radius 3 is 2.31 bits per heavy atom. The van der Waals surface area contributed by atoms with E-state index in [4.69, 9.17) is 10.5 Å². The number of nitrogens with two attached hydrogens (primary N) is 1. The number of amides is 2. The second-order valence-electron chi connectivity index (χ2n) is 13.5. The normalized spacial score (nSPS) is 14.0. The van der Waals surface area contributed by atoms with Crippen LogP contribution in [-0.2, 0) is 4.74 Å². The minimum atomic E-state index is -0.706. The van der Waals surface area contributed by atoms with Crippen LogP contribution in [0.25, 0.3) is 22.3 Å². The zero-order valence-corrected chi connectivity index (χ0v) is 28.2. The third-order valence-corrected chi connectivity index (χ3v) is 8.56. The Hall–Kier alpha value is -5.72. The number of piperidine rings is 1. The van der Waals surface area contributed by atoms with E-state index in [1.165, 1.54) is 17.1 Å². The SMILES string of the molecule is CC(C)n1cc(C(=O)Nc2ccc(-c3cc(C4CCN(C(=O)OC(C)(C)C)CC4)n4ncnc(N)c34)cc2)c(=O)n(-c2ccccc2)c1=O. The quantitative estimate of drug-likeness (QED) is 0.249. The first-order valence-electron chi connectivity index (χ1n) is 16.3. The number of nitrogen functional groups attached to an aromatic ring is 1. The fraction of sp³-hybridized carbons (Fsp3) is 0.333.